The van der Waals surface area contributed by atoms with Gasteiger partial charge in [-0.3, -0.25) is 9.59 Å². The van der Waals surface area contributed by atoms with E-state index in [0.717, 1.165) is 26.7 Å². The van der Waals surface area contributed by atoms with Gasteiger partial charge in [0.15, 0.2) is 11.4 Å². The molecular weight excluding hydrogens is 406 g/mol. The van der Waals surface area contributed by atoms with Crippen LogP contribution < -0.4 is 4.90 Å². The summed E-state index contributed by atoms with van der Waals surface area (Å²) in [6.07, 6.45) is -0.268. The third-order valence-electron chi connectivity index (χ3n) is 5.67. The minimum Gasteiger partial charge on any atom is -0.375 e. The number of likely N-dealkylation sites (N-methyl/N-ethyl adjacent to an activating group) is 1. The van der Waals surface area contributed by atoms with Crippen LogP contribution in [-0.4, -0.2) is 23.3 Å². The Morgan fingerprint density at radius 1 is 1.11 bits per heavy atom. The fourth-order valence-corrected chi connectivity index (χ4v) is 4.32. The number of carbonyl (C=O) groups is 2. The van der Waals surface area contributed by atoms with Crippen molar-refractivity contribution in [3.05, 3.63) is 62.1 Å². The Kier molecular flexibility index (Phi) is 5.04. The molecule has 2 aromatic rings. The molecule has 0 bridgehead atoms. The number of nitrogens with zero attached hydrogens (tertiary/aromatic N) is 1. The number of carbonyl (C=O) groups excluding carboxylic acids is 2. The summed E-state index contributed by atoms with van der Waals surface area (Å²) in [6, 6.07) is 7.43. The summed E-state index contributed by atoms with van der Waals surface area (Å²) in [4.78, 5) is 27.8. The van der Waals surface area contributed by atoms with E-state index in [0.29, 0.717) is 23.4 Å². The molecule has 1 aliphatic rings. The molecule has 0 saturated carbocycles. The lowest BCUT2D eigenvalue weighted by Gasteiger charge is -2.23. The number of halogens is 1. The summed E-state index contributed by atoms with van der Waals surface area (Å²) >= 11 is 3.41. The smallest absolute Gasteiger partial charge is 0.264 e. The number of Topliss-reactive ketones (excluding diaryl/α,β-unsaturated/α-hetero) is 1. The van der Waals surface area contributed by atoms with E-state index in [1.807, 2.05) is 40.7 Å². The first-order valence-corrected chi connectivity index (χ1v) is 9.86. The molecule has 142 valence electrons. The minimum atomic E-state index is -1.84. The van der Waals surface area contributed by atoms with Gasteiger partial charge in [-0.05, 0) is 75.1 Å². The largest absolute Gasteiger partial charge is 0.375 e. The lowest BCUT2D eigenvalue weighted by molar-refractivity contribution is -0.135. The van der Waals surface area contributed by atoms with Gasteiger partial charge in [0.1, 0.15) is 0 Å². The second-order valence-electron chi connectivity index (χ2n) is 7.31. The Labute approximate surface area is 168 Å². The molecule has 0 spiro atoms. The highest BCUT2D eigenvalue weighted by Gasteiger charge is 2.50. The predicted molar refractivity (Wildman–Crippen MR) is 110 cm³/mol. The molecule has 0 aliphatic carbocycles. The van der Waals surface area contributed by atoms with Crippen LogP contribution in [0, 0.1) is 27.7 Å². The van der Waals surface area contributed by atoms with Gasteiger partial charge in [0.05, 0.1) is 12.1 Å². The maximum absolute atomic E-state index is 13.2. The summed E-state index contributed by atoms with van der Waals surface area (Å²) in [7, 11) is 0. The number of aryl methyl sites for hydroxylation is 2. The average molecular weight is 430 g/mol. The summed E-state index contributed by atoms with van der Waals surface area (Å²) in [5.74, 6) is -0.650. The van der Waals surface area contributed by atoms with Crippen molar-refractivity contribution in [3.8, 4) is 0 Å². The number of fused-ring (bicyclic) bond motifs is 1. The van der Waals surface area contributed by atoms with Crippen molar-refractivity contribution in [2.75, 3.05) is 11.4 Å². The second-order valence-corrected chi connectivity index (χ2v) is 8.22. The van der Waals surface area contributed by atoms with E-state index in [9.17, 15) is 14.7 Å². The SMILES string of the molecule is CCN1C(=O)C(O)(CC(=O)c2c(C)c(C)cc(C)c2C)c2cc(Br)ccc21. The van der Waals surface area contributed by atoms with Crippen molar-refractivity contribution in [2.45, 2.75) is 46.6 Å². The molecule has 1 amide bonds. The van der Waals surface area contributed by atoms with Gasteiger partial charge in [-0.1, -0.05) is 22.0 Å². The van der Waals surface area contributed by atoms with E-state index < -0.39 is 11.5 Å². The Morgan fingerprint density at radius 3 is 2.26 bits per heavy atom. The molecule has 1 unspecified atom stereocenters. The van der Waals surface area contributed by atoms with Crippen LogP contribution >= 0.6 is 15.9 Å². The normalized spacial score (nSPS) is 18.8. The summed E-state index contributed by atoms with van der Waals surface area (Å²) in [5, 5.41) is 11.4. The molecule has 4 nitrogen and oxygen atoms in total. The molecule has 27 heavy (non-hydrogen) atoms. The van der Waals surface area contributed by atoms with Crippen LogP contribution in [-0.2, 0) is 10.4 Å². The molecular formula is C22H24BrNO3. The van der Waals surface area contributed by atoms with Crippen LogP contribution in [0.3, 0.4) is 0 Å². The molecule has 1 atom stereocenters. The maximum Gasteiger partial charge on any atom is 0.264 e. The molecule has 0 saturated heterocycles. The molecule has 3 rings (SSSR count). The highest BCUT2D eigenvalue weighted by Crippen LogP contribution is 2.44. The maximum atomic E-state index is 13.2. The first-order valence-electron chi connectivity index (χ1n) is 9.06. The van der Waals surface area contributed by atoms with E-state index in [1.54, 1.807) is 12.1 Å². The van der Waals surface area contributed by atoms with Crippen LogP contribution in [0.1, 0.15) is 51.5 Å². The topological polar surface area (TPSA) is 57.6 Å². The monoisotopic (exact) mass is 429 g/mol. The number of amides is 1. The Hall–Kier alpha value is -1.98. The zero-order valence-corrected chi connectivity index (χ0v) is 17.9. The van der Waals surface area contributed by atoms with Gasteiger partial charge < -0.3 is 10.0 Å². The van der Waals surface area contributed by atoms with Gasteiger partial charge in [-0.25, -0.2) is 0 Å². The summed E-state index contributed by atoms with van der Waals surface area (Å²) < 4.78 is 0.761. The van der Waals surface area contributed by atoms with E-state index >= 15 is 0 Å². The van der Waals surface area contributed by atoms with Crippen LogP contribution in [0.5, 0.6) is 0 Å². The standard InChI is InChI=1S/C22H24BrNO3/c1-6-24-18-8-7-16(23)10-17(18)22(27,21(24)26)11-19(25)20-14(4)12(2)9-13(3)15(20)5/h7-10,27H,6,11H2,1-5H3. The van der Waals surface area contributed by atoms with E-state index in [1.165, 1.54) is 4.90 Å². The zero-order chi connectivity index (χ0) is 20.1. The number of aliphatic hydroxyl groups is 1. The van der Waals surface area contributed by atoms with Gasteiger partial charge in [0.25, 0.3) is 5.91 Å². The number of hydrogen-bond acceptors (Lipinski definition) is 3. The number of rotatable bonds is 4. The zero-order valence-electron chi connectivity index (χ0n) is 16.3. The van der Waals surface area contributed by atoms with Crippen LogP contribution in [0.2, 0.25) is 0 Å². The van der Waals surface area contributed by atoms with Crippen LogP contribution in [0.25, 0.3) is 0 Å². The van der Waals surface area contributed by atoms with Crippen molar-refractivity contribution in [3.63, 3.8) is 0 Å². The van der Waals surface area contributed by atoms with Crippen molar-refractivity contribution < 1.29 is 14.7 Å². The van der Waals surface area contributed by atoms with Crippen molar-refractivity contribution in [1.82, 2.24) is 0 Å². The van der Waals surface area contributed by atoms with Crippen molar-refractivity contribution in [2.24, 2.45) is 0 Å². The molecule has 1 heterocycles. The quantitative estimate of drug-likeness (QED) is 0.727. The third kappa shape index (κ3) is 3.03. The van der Waals surface area contributed by atoms with Gasteiger partial charge in [0, 0.05) is 22.1 Å². The lowest BCUT2D eigenvalue weighted by atomic mass is 9.84. The molecule has 1 aliphatic heterocycles. The third-order valence-corrected chi connectivity index (χ3v) is 6.16. The van der Waals surface area contributed by atoms with Gasteiger partial charge in [0.2, 0.25) is 0 Å². The fourth-order valence-electron chi connectivity index (χ4n) is 3.96. The van der Waals surface area contributed by atoms with E-state index in [4.69, 9.17) is 0 Å². The molecule has 5 heteroatoms. The number of anilines is 1. The van der Waals surface area contributed by atoms with E-state index in [2.05, 4.69) is 22.0 Å². The predicted octanol–water partition coefficient (Wildman–Crippen LogP) is 4.51. The summed E-state index contributed by atoms with van der Waals surface area (Å²) in [5.41, 5.74) is 3.78. The fraction of sp³-hybridized carbons (Fsp3) is 0.364. The van der Waals surface area contributed by atoms with Gasteiger partial charge >= 0.3 is 0 Å². The molecule has 2 aromatic carbocycles. The molecule has 0 fully saturated rings. The second kappa shape index (κ2) is 6.88. The minimum absolute atomic E-state index is 0.212. The highest BCUT2D eigenvalue weighted by molar-refractivity contribution is 9.10. The van der Waals surface area contributed by atoms with Crippen molar-refractivity contribution in [1.29, 1.82) is 0 Å². The van der Waals surface area contributed by atoms with Gasteiger partial charge in [-0.2, -0.15) is 0 Å². The molecule has 1 N–H and O–H groups in total. The number of benzene rings is 2. The molecule has 0 aromatic heterocycles. The van der Waals surface area contributed by atoms with E-state index in [-0.39, 0.29) is 12.2 Å². The van der Waals surface area contributed by atoms with Crippen LogP contribution in [0.4, 0.5) is 5.69 Å². The molecule has 0 radical (unpaired) electrons. The Morgan fingerprint density at radius 2 is 1.70 bits per heavy atom. The first-order chi connectivity index (χ1) is 12.6. The Balaban J connectivity index is 2.10. The van der Waals surface area contributed by atoms with Gasteiger partial charge in [-0.15, -0.1) is 0 Å². The number of hydrogen-bond donors (Lipinski definition) is 1. The van der Waals surface area contributed by atoms with Crippen molar-refractivity contribution >= 4 is 33.3 Å². The van der Waals surface area contributed by atoms with Crippen LogP contribution in [0.15, 0.2) is 28.7 Å². The number of ketones is 1. The lowest BCUT2D eigenvalue weighted by Crippen LogP contribution is -2.42. The highest BCUT2D eigenvalue weighted by atomic mass is 79.9. The average Bonchev–Trinajstić information content (AvgIpc) is 2.80. The summed E-state index contributed by atoms with van der Waals surface area (Å²) in [6.45, 7) is 10.1. The Bertz CT molecular complexity index is 940. The first kappa shape index (κ1) is 19.8.